The van der Waals surface area contributed by atoms with Crippen LogP contribution in [0.25, 0.3) is 0 Å². The zero-order valence-electron chi connectivity index (χ0n) is 12.4. The van der Waals surface area contributed by atoms with E-state index >= 15 is 0 Å². The topological polar surface area (TPSA) is 127 Å². The number of rotatable bonds is 0. The Morgan fingerprint density at radius 2 is 0.905 bits per heavy atom. The van der Waals surface area contributed by atoms with Crippen LogP contribution in [0.1, 0.15) is 64.2 Å². The molecular weight excluding hydrogens is 367 g/mol. The molecule has 0 aromatic rings. The van der Waals surface area contributed by atoms with Crippen LogP contribution < -0.4 is 11.5 Å². The summed E-state index contributed by atoms with van der Waals surface area (Å²) in [5.74, 6) is -3.65. The van der Waals surface area contributed by atoms with Crippen molar-refractivity contribution in [3.8, 4) is 0 Å². The second-order valence-electron chi connectivity index (χ2n) is 5.41. The van der Waals surface area contributed by atoms with Crippen molar-refractivity contribution in [1.82, 2.24) is 0 Å². The molecule has 0 unspecified atom stereocenters. The summed E-state index contributed by atoms with van der Waals surface area (Å²) in [4.78, 5) is 18.2. The Bertz CT molecular complexity index is 250. The summed E-state index contributed by atoms with van der Waals surface area (Å²) in [6, 6.07) is 1.07. The van der Waals surface area contributed by atoms with Gasteiger partial charge >= 0.3 is 11.9 Å². The number of hydrogen-bond acceptors (Lipinski definition) is 4. The number of carboxylic acid groups (broad SMARTS) is 2. The largest absolute Gasteiger partial charge is 0.473 e. The second kappa shape index (κ2) is 14.5. The van der Waals surface area contributed by atoms with Gasteiger partial charge in [0.05, 0.1) is 0 Å². The van der Waals surface area contributed by atoms with E-state index in [1.807, 2.05) is 0 Å². The van der Waals surface area contributed by atoms with Crippen molar-refractivity contribution in [2.24, 2.45) is 11.5 Å². The van der Waals surface area contributed by atoms with Crippen LogP contribution in [0.5, 0.6) is 0 Å². The summed E-state index contributed by atoms with van der Waals surface area (Å²) in [6.45, 7) is 0. The summed E-state index contributed by atoms with van der Waals surface area (Å²) in [5, 5.41) is 14.8. The van der Waals surface area contributed by atoms with Gasteiger partial charge in [0.15, 0.2) is 0 Å². The maximum atomic E-state index is 9.10. The van der Waals surface area contributed by atoms with Crippen molar-refractivity contribution in [2.45, 2.75) is 76.3 Å². The molecule has 0 atom stereocenters. The predicted molar refractivity (Wildman–Crippen MR) is 77.4 cm³/mol. The number of carbonyl (C=O) groups is 2. The summed E-state index contributed by atoms with van der Waals surface area (Å²) in [7, 11) is 0. The van der Waals surface area contributed by atoms with E-state index in [9.17, 15) is 0 Å². The fourth-order valence-electron chi connectivity index (χ4n) is 2.27. The Morgan fingerprint density at radius 3 is 1.00 bits per heavy atom. The van der Waals surface area contributed by atoms with Crippen LogP contribution in [0.3, 0.4) is 0 Å². The van der Waals surface area contributed by atoms with Crippen LogP contribution in [-0.4, -0.2) is 34.2 Å². The van der Waals surface area contributed by atoms with Crippen LogP contribution >= 0.6 is 0 Å². The number of aliphatic carboxylic acids is 2. The monoisotopic (exact) mass is 394 g/mol. The van der Waals surface area contributed by atoms with Gasteiger partial charge in [-0.15, -0.1) is 0 Å². The Hall–Kier alpha value is -0.478. The minimum absolute atomic E-state index is 0. The summed E-state index contributed by atoms with van der Waals surface area (Å²) in [5.41, 5.74) is 11.3. The van der Waals surface area contributed by atoms with Crippen LogP contribution in [0.15, 0.2) is 0 Å². The number of nitrogens with two attached hydrogens (primary N) is 2. The molecule has 0 heterocycles. The van der Waals surface area contributed by atoms with E-state index in [1.54, 1.807) is 0 Å². The average Bonchev–Trinajstić information content (AvgIpc) is 2.42. The van der Waals surface area contributed by atoms with E-state index in [0.29, 0.717) is 12.1 Å². The van der Waals surface area contributed by atoms with Gasteiger partial charge in [-0.2, -0.15) is 0 Å². The van der Waals surface area contributed by atoms with Gasteiger partial charge in [-0.05, 0) is 25.7 Å². The molecule has 0 bridgehead atoms. The third-order valence-corrected chi connectivity index (χ3v) is 3.48. The molecule has 2 rings (SSSR count). The quantitative estimate of drug-likeness (QED) is 0.366. The van der Waals surface area contributed by atoms with E-state index < -0.39 is 11.9 Å². The molecule has 0 aromatic heterocycles. The number of carboxylic acids is 2. The Morgan fingerprint density at radius 1 is 0.667 bits per heavy atom. The fourth-order valence-corrected chi connectivity index (χ4v) is 2.27. The summed E-state index contributed by atoms with van der Waals surface area (Å²) in [6.07, 6.45) is 13.3. The molecule has 0 radical (unpaired) electrons. The van der Waals surface area contributed by atoms with Crippen molar-refractivity contribution in [1.29, 1.82) is 0 Å². The molecule has 0 saturated heterocycles. The molecule has 0 spiro atoms. The van der Waals surface area contributed by atoms with Crippen LogP contribution in [0, 0.1) is 0 Å². The van der Waals surface area contributed by atoms with Crippen molar-refractivity contribution >= 4 is 11.9 Å². The molecule has 2 aliphatic rings. The van der Waals surface area contributed by atoms with Crippen molar-refractivity contribution in [2.75, 3.05) is 0 Å². The normalized spacial score (nSPS) is 19.0. The minimum atomic E-state index is -1.82. The third-order valence-electron chi connectivity index (χ3n) is 3.48. The molecule has 0 aromatic carbocycles. The first kappa shape index (κ1) is 22.8. The molecule has 2 saturated carbocycles. The Labute approximate surface area is 140 Å². The standard InChI is InChI=1S/2C6H13N.C2H2O4.Pd/c2*7-6-4-2-1-3-5-6;3-1(4)2(5)6;/h2*6H,1-5,7H2;(H,3,4)(H,5,6);. The van der Waals surface area contributed by atoms with E-state index in [4.69, 9.17) is 31.3 Å². The van der Waals surface area contributed by atoms with Gasteiger partial charge in [-0.1, -0.05) is 38.5 Å². The van der Waals surface area contributed by atoms with Gasteiger partial charge in [0.1, 0.15) is 0 Å². The van der Waals surface area contributed by atoms with Gasteiger partial charge < -0.3 is 21.7 Å². The van der Waals surface area contributed by atoms with Gasteiger partial charge in [-0.3, -0.25) is 0 Å². The van der Waals surface area contributed by atoms with E-state index in [1.165, 1.54) is 64.2 Å². The van der Waals surface area contributed by atoms with Crippen molar-refractivity contribution in [3.05, 3.63) is 0 Å². The molecule has 2 aliphatic carbocycles. The maximum absolute atomic E-state index is 9.10. The SMILES string of the molecule is NC1CCCCC1.NC1CCCCC1.O=C(O)C(=O)O.[Pd]. The van der Waals surface area contributed by atoms with Crippen molar-refractivity contribution < 1.29 is 40.2 Å². The molecular formula is C14H28N2O4Pd. The average molecular weight is 395 g/mol. The molecule has 128 valence electrons. The first-order chi connectivity index (χ1) is 9.43. The van der Waals surface area contributed by atoms with Gasteiger partial charge in [0, 0.05) is 32.5 Å². The molecule has 0 aliphatic heterocycles. The van der Waals surface area contributed by atoms with E-state index in [2.05, 4.69) is 0 Å². The van der Waals surface area contributed by atoms with E-state index in [-0.39, 0.29) is 20.4 Å². The van der Waals surface area contributed by atoms with E-state index in [0.717, 1.165) is 0 Å². The van der Waals surface area contributed by atoms with Gasteiger partial charge in [0.25, 0.3) is 0 Å². The Kier molecular flexibility index (Phi) is 15.7. The minimum Gasteiger partial charge on any atom is -0.473 e. The van der Waals surface area contributed by atoms with Gasteiger partial charge in [-0.25, -0.2) is 9.59 Å². The molecule has 0 amide bonds. The first-order valence-corrected chi connectivity index (χ1v) is 7.41. The zero-order valence-corrected chi connectivity index (χ0v) is 14.0. The molecule has 21 heavy (non-hydrogen) atoms. The molecule has 2 fully saturated rings. The fraction of sp³-hybridized carbons (Fsp3) is 0.857. The molecule has 6 nitrogen and oxygen atoms in total. The summed E-state index contributed by atoms with van der Waals surface area (Å²) >= 11 is 0. The smallest absolute Gasteiger partial charge is 0.414 e. The van der Waals surface area contributed by atoms with Gasteiger partial charge in [0.2, 0.25) is 0 Å². The zero-order chi connectivity index (χ0) is 15.4. The van der Waals surface area contributed by atoms with Crippen LogP contribution in [0.2, 0.25) is 0 Å². The maximum Gasteiger partial charge on any atom is 0.414 e. The molecule has 6 N–H and O–H groups in total. The predicted octanol–water partition coefficient (Wildman–Crippen LogP) is 1.71. The number of hydrogen-bond donors (Lipinski definition) is 4. The van der Waals surface area contributed by atoms with Crippen molar-refractivity contribution in [3.63, 3.8) is 0 Å². The summed E-state index contributed by atoms with van der Waals surface area (Å²) < 4.78 is 0. The second-order valence-corrected chi connectivity index (χ2v) is 5.41. The molecule has 7 heteroatoms. The van der Waals surface area contributed by atoms with Crippen LogP contribution in [-0.2, 0) is 30.0 Å². The first-order valence-electron chi connectivity index (χ1n) is 7.41. The Balaban J connectivity index is 0. The van der Waals surface area contributed by atoms with Crippen LogP contribution in [0.4, 0.5) is 0 Å². The third kappa shape index (κ3) is 15.7.